The zero-order valence-corrected chi connectivity index (χ0v) is 19.4. The summed E-state index contributed by atoms with van der Waals surface area (Å²) in [6.45, 7) is 5.68. The molecule has 0 aliphatic heterocycles. The SMILES string of the molecule is CCc1ccc(-n2nc3cc(C)c(NC(=O)C(C)Oc4ccc(Cl)cc4Cl)cc3n2)cc1. The van der Waals surface area contributed by atoms with Gasteiger partial charge >= 0.3 is 0 Å². The summed E-state index contributed by atoms with van der Waals surface area (Å²) >= 11 is 12.1. The van der Waals surface area contributed by atoms with Gasteiger partial charge in [-0.3, -0.25) is 4.79 Å². The van der Waals surface area contributed by atoms with Crippen molar-refractivity contribution in [3.05, 3.63) is 75.8 Å². The molecule has 0 spiro atoms. The smallest absolute Gasteiger partial charge is 0.265 e. The molecule has 0 bridgehead atoms. The number of nitrogens with one attached hydrogen (secondary N) is 1. The molecule has 0 aliphatic rings. The van der Waals surface area contributed by atoms with Crippen LogP contribution in [0, 0.1) is 6.92 Å². The fraction of sp³-hybridized carbons (Fsp3) is 0.208. The van der Waals surface area contributed by atoms with Crippen molar-refractivity contribution in [3.63, 3.8) is 0 Å². The molecule has 0 aliphatic carbocycles. The molecule has 1 unspecified atom stereocenters. The summed E-state index contributed by atoms with van der Waals surface area (Å²) in [6.07, 6.45) is 0.209. The second-order valence-electron chi connectivity index (χ2n) is 7.49. The molecular formula is C24H22Cl2N4O2. The minimum Gasteiger partial charge on any atom is -0.479 e. The Hall–Kier alpha value is -3.09. The number of fused-ring (bicyclic) bond motifs is 1. The lowest BCUT2D eigenvalue weighted by atomic mass is 10.1. The molecule has 32 heavy (non-hydrogen) atoms. The largest absolute Gasteiger partial charge is 0.479 e. The Morgan fingerprint density at radius 3 is 2.41 bits per heavy atom. The first-order chi connectivity index (χ1) is 15.3. The van der Waals surface area contributed by atoms with E-state index in [1.165, 1.54) is 5.56 Å². The predicted molar refractivity (Wildman–Crippen MR) is 128 cm³/mol. The van der Waals surface area contributed by atoms with Gasteiger partial charge in [0.05, 0.1) is 10.7 Å². The molecular weight excluding hydrogens is 447 g/mol. The maximum atomic E-state index is 12.7. The van der Waals surface area contributed by atoms with Gasteiger partial charge in [0.25, 0.3) is 5.91 Å². The van der Waals surface area contributed by atoms with Gasteiger partial charge in [0.2, 0.25) is 0 Å². The number of hydrogen-bond acceptors (Lipinski definition) is 4. The zero-order valence-electron chi connectivity index (χ0n) is 17.9. The average Bonchev–Trinajstić information content (AvgIpc) is 3.18. The van der Waals surface area contributed by atoms with Crippen molar-refractivity contribution in [2.45, 2.75) is 33.3 Å². The molecule has 0 saturated carbocycles. The monoisotopic (exact) mass is 468 g/mol. The van der Waals surface area contributed by atoms with E-state index in [1.807, 2.05) is 31.2 Å². The highest BCUT2D eigenvalue weighted by Gasteiger charge is 2.18. The van der Waals surface area contributed by atoms with Gasteiger partial charge in [0.15, 0.2) is 6.10 Å². The number of amides is 1. The number of hydrogen-bond donors (Lipinski definition) is 1. The fourth-order valence-corrected chi connectivity index (χ4v) is 3.69. The van der Waals surface area contributed by atoms with Crippen LogP contribution in [0.1, 0.15) is 25.0 Å². The Morgan fingerprint density at radius 2 is 1.75 bits per heavy atom. The molecule has 1 atom stereocenters. The summed E-state index contributed by atoms with van der Waals surface area (Å²) < 4.78 is 5.71. The molecule has 6 nitrogen and oxygen atoms in total. The van der Waals surface area contributed by atoms with Crippen LogP contribution < -0.4 is 10.1 Å². The van der Waals surface area contributed by atoms with Crippen LogP contribution in [0.25, 0.3) is 16.7 Å². The van der Waals surface area contributed by atoms with Crippen molar-refractivity contribution < 1.29 is 9.53 Å². The van der Waals surface area contributed by atoms with Gasteiger partial charge in [0.1, 0.15) is 16.8 Å². The van der Waals surface area contributed by atoms with Gasteiger partial charge < -0.3 is 10.1 Å². The molecule has 1 amide bonds. The van der Waals surface area contributed by atoms with Crippen LogP contribution >= 0.6 is 23.2 Å². The minimum atomic E-state index is -0.767. The zero-order chi connectivity index (χ0) is 22.8. The van der Waals surface area contributed by atoms with Gasteiger partial charge in [-0.2, -0.15) is 4.80 Å². The number of aryl methyl sites for hydroxylation is 2. The van der Waals surface area contributed by atoms with Crippen LogP contribution in [-0.2, 0) is 11.2 Å². The first-order valence-electron chi connectivity index (χ1n) is 10.2. The molecule has 1 heterocycles. The molecule has 1 aromatic heterocycles. The Labute approximate surface area is 196 Å². The van der Waals surface area contributed by atoms with Gasteiger partial charge in [-0.1, -0.05) is 42.3 Å². The molecule has 4 rings (SSSR count). The van der Waals surface area contributed by atoms with Crippen molar-refractivity contribution in [2.75, 3.05) is 5.32 Å². The standard InChI is InChI=1S/C24H22Cl2N4O2/c1-4-16-5-8-18(9-6-16)30-28-21-11-14(2)20(13-22(21)29-30)27-24(31)15(3)32-23-10-7-17(25)12-19(23)26/h5-13,15H,4H2,1-3H3,(H,27,31). The molecule has 0 fully saturated rings. The summed E-state index contributed by atoms with van der Waals surface area (Å²) in [4.78, 5) is 14.3. The van der Waals surface area contributed by atoms with E-state index >= 15 is 0 Å². The fourth-order valence-electron chi connectivity index (χ4n) is 3.23. The summed E-state index contributed by atoms with van der Waals surface area (Å²) in [5, 5.41) is 12.9. The van der Waals surface area contributed by atoms with Crippen LogP contribution in [0.15, 0.2) is 54.6 Å². The Kier molecular flexibility index (Phi) is 6.35. The van der Waals surface area contributed by atoms with Gasteiger partial charge in [-0.05, 0) is 73.9 Å². The molecule has 0 radical (unpaired) electrons. The van der Waals surface area contributed by atoms with E-state index < -0.39 is 6.10 Å². The van der Waals surface area contributed by atoms with Crippen molar-refractivity contribution >= 4 is 45.8 Å². The Morgan fingerprint density at radius 1 is 1.06 bits per heavy atom. The lowest BCUT2D eigenvalue weighted by Gasteiger charge is -2.16. The lowest BCUT2D eigenvalue weighted by Crippen LogP contribution is -2.30. The number of rotatable bonds is 6. The van der Waals surface area contributed by atoms with Crippen LogP contribution in [-0.4, -0.2) is 27.0 Å². The second kappa shape index (κ2) is 9.18. The number of carbonyl (C=O) groups is 1. The van der Waals surface area contributed by atoms with Crippen molar-refractivity contribution in [3.8, 4) is 11.4 Å². The molecule has 164 valence electrons. The van der Waals surface area contributed by atoms with Crippen LogP contribution in [0.5, 0.6) is 5.75 Å². The number of halogens is 2. The molecule has 0 saturated heterocycles. The van der Waals surface area contributed by atoms with E-state index in [4.69, 9.17) is 27.9 Å². The number of nitrogens with zero attached hydrogens (tertiary/aromatic N) is 3. The maximum Gasteiger partial charge on any atom is 0.265 e. The van der Waals surface area contributed by atoms with Crippen LogP contribution in [0.3, 0.4) is 0 Å². The molecule has 8 heteroatoms. The van der Waals surface area contributed by atoms with Crippen LogP contribution in [0.4, 0.5) is 5.69 Å². The highest BCUT2D eigenvalue weighted by Crippen LogP contribution is 2.29. The summed E-state index contributed by atoms with van der Waals surface area (Å²) in [5.41, 5.74) is 5.08. The number of benzene rings is 3. The highest BCUT2D eigenvalue weighted by atomic mass is 35.5. The second-order valence-corrected chi connectivity index (χ2v) is 8.33. The molecule has 4 aromatic rings. The third-order valence-corrected chi connectivity index (χ3v) is 5.66. The summed E-state index contributed by atoms with van der Waals surface area (Å²) in [7, 11) is 0. The topological polar surface area (TPSA) is 69.0 Å². The normalized spacial score (nSPS) is 12.0. The maximum absolute atomic E-state index is 12.7. The van der Waals surface area contributed by atoms with E-state index in [0.717, 1.165) is 23.2 Å². The Balaban J connectivity index is 1.53. The van der Waals surface area contributed by atoms with E-state index in [-0.39, 0.29) is 5.91 Å². The van der Waals surface area contributed by atoms with Crippen LogP contribution in [0.2, 0.25) is 10.0 Å². The third-order valence-electron chi connectivity index (χ3n) is 5.13. The average molecular weight is 469 g/mol. The highest BCUT2D eigenvalue weighted by molar-refractivity contribution is 6.35. The first-order valence-corrected chi connectivity index (χ1v) is 11.0. The number of anilines is 1. The van der Waals surface area contributed by atoms with E-state index in [2.05, 4.69) is 34.6 Å². The third kappa shape index (κ3) is 4.71. The van der Waals surface area contributed by atoms with Gasteiger partial charge in [-0.25, -0.2) is 0 Å². The van der Waals surface area contributed by atoms with E-state index in [1.54, 1.807) is 29.9 Å². The summed E-state index contributed by atoms with van der Waals surface area (Å²) in [6, 6.07) is 16.7. The summed E-state index contributed by atoms with van der Waals surface area (Å²) in [5.74, 6) is 0.0870. The first kappa shape index (κ1) is 22.1. The minimum absolute atomic E-state index is 0.305. The Bertz CT molecular complexity index is 1290. The number of aromatic nitrogens is 3. The van der Waals surface area contributed by atoms with Crippen molar-refractivity contribution in [1.29, 1.82) is 0 Å². The van der Waals surface area contributed by atoms with Gasteiger partial charge in [-0.15, -0.1) is 10.2 Å². The molecule has 3 aromatic carbocycles. The van der Waals surface area contributed by atoms with Crippen molar-refractivity contribution in [2.24, 2.45) is 0 Å². The quantitative estimate of drug-likeness (QED) is 0.376. The van der Waals surface area contributed by atoms with E-state index in [0.29, 0.717) is 27.0 Å². The predicted octanol–water partition coefficient (Wildman–Crippen LogP) is 6.00. The number of carbonyl (C=O) groups excluding carboxylic acids is 1. The lowest BCUT2D eigenvalue weighted by molar-refractivity contribution is -0.122. The van der Waals surface area contributed by atoms with Crippen molar-refractivity contribution in [1.82, 2.24) is 15.0 Å². The molecule has 1 N–H and O–H groups in total. The number of ether oxygens (including phenoxy) is 1. The van der Waals surface area contributed by atoms with Gasteiger partial charge in [0, 0.05) is 10.7 Å². The van der Waals surface area contributed by atoms with E-state index in [9.17, 15) is 4.79 Å².